The third-order valence-electron chi connectivity index (χ3n) is 4.69. The van der Waals surface area contributed by atoms with Crippen molar-refractivity contribution in [2.75, 3.05) is 13.7 Å². The van der Waals surface area contributed by atoms with Crippen LogP contribution < -0.4 is 5.32 Å². The molecule has 2 rings (SSSR count). The average molecular weight is 350 g/mol. The van der Waals surface area contributed by atoms with Crippen LogP contribution in [0.15, 0.2) is 24.3 Å². The summed E-state index contributed by atoms with van der Waals surface area (Å²) < 4.78 is 17.9. The molecule has 0 aromatic heterocycles. The molecule has 1 aliphatic rings. The van der Waals surface area contributed by atoms with Crippen molar-refractivity contribution in [2.24, 2.45) is 5.92 Å². The Labute approximate surface area is 148 Å². The van der Waals surface area contributed by atoms with Crippen molar-refractivity contribution in [2.45, 2.75) is 51.7 Å². The molecular weight excluding hydrogens is 323 g/mol. The fourth-order valence-corrected chi connectivity index (χ4v) is 2.78. The number of hydrogen-bond donors (Lipinski definition) is 1. The number of benzene rings is 1. The molecule has 2 atom stereocenters. The molecule has 0 bridgehead atoms. The van der Waals surface area contributed by atoms with Crippen LogP contribution in [0.1, 0.15) is 38.7 Å². The number of hydrogen-bond acceptors (Lipinski definition) is 4. The number of rotatable bonds is 9. The van der Waals surface area contributed by atoms with E-state index in [1.165, 1.54) is 19.2 Å². The van der Waals surface area contributed by atoms with Gasteiger partial charge in [0.25, 0.3) is 0 Å². The van der Waals surface area contributed by atoms with Crippen LogP contribution in [0.25, 0.3) is 0 Å². The maximum absolute atomic E-state index is 13.0. The van der Waals surface area contributed by atoms with Gasteiger partial charge in [-0.25, -0.2) is 9.18 Å². The van der Waals surface area contributed by atoms with Gasteiger partial charge in [-0.3, -0.25) is 9.69 Å². The molecule has 1 amide bonds. The minimum absolute atomic E-state index is 0.00266. The van der Waals surface area contributed by atoms with E-state index in [2.05, 4.69) is 10.2 Å². The Hall–Kier alpha value is -1.95. The van der Waals surface area contributed by atoms with Gasteiger partial charge in [0.2, 0.25) is 5.91 Å². The lowest BCUT2D eigenvalue weighted by Crippen LogP contribution is -2.49. The van der Waals surface area contributed by atoms with Gasteiger partial charge >= 0.3 is 5.97 Å². The summed E-state index contributed by atoms with van der Waals surface area (Å²) in [5.74, 6) is -0.874. The first-order chi connectivity index (χ1) is 11.9. The molecule has 0 aliphatic heterocycles. The van der Waals surface area contributed by atoms with Crippen LogP contribution in [0.4, 0.5) is 4.39 Å². The van der Waals surface area contributed by atoms with Crippen LogP contribution in [0.2, 0.25) is 0 Å². The number of methoxy groups -OCH3 is 1. The van der Waals surface area contributed by atoms with Gasteiger partial charge < -0.3 is 10.1 Å². The van der Waals surface area contributed by atoms with E-state index in [1.807, 2.05) is 13.8 Å². The second kappa shape index (κ2) is 8.94. The minimum atomic E-state index is -0.630. The summed E-state index contributed by atoms with van der Waals surface area (Å²) >= 11 is 0. The lowest BCUT2D eigenvalue weighted by atomic mass is 9.99. The lowest BCUT2D eigenvalue weighted by molar-refractivity contribution is -0.146. The Morgan fingerprint density at radius 3 is 2.48 bits per heavy atom. The molecule has 0 radical (unpaired) electrons. The Morgan fingerprint density at radius 2 is 1.96 bits per heavy atom. The SMILES string of the molecule is CCC(C)C(NC(=O)CN(Cc1ccc(F)cc1)C1CC1)C(=O)OC. The van der Waals surface area contributed by atoms with E-state index >= 15 is 0 Å². The Morgan fingerprint density at radius 1 is 1.32 bits per heavy atom. The van der Waals surface area contributed by atoms with Crippen molar-refractivity contribution in [1.82, 2.24) is 10.2 Å². The second-order valence-corrected chi connectivity index (χ2v) is 6.72. The summed E-state index contributed by atoms with van der Waals surface area (Å²) in [6, 6.07) is 6.07. The van der Waals surface area contributed by atoms with Gasteiger partial charge in [-0.05, 0) is 36.5 Å². The molecule has 6 heteroatoms. The lowest BCUT2D eigenvalue weighted by Gasteiger charge is -2.25. The highest BCUT2D eigenvalue weighted by Gasteiger charge is 2.32. The summed E-state index contributed by atoms with van der Waals surface area (Å²) in [4.78, 5) is 26.5. The van der Waals surface area contributed by atoms with Gasteiger partial charge in [-0.15, -0.1) is 0 Å². The first kappa shape index (κ1) is 19.4. The molecule has 1 aliphatic carbocycles. The van der Waals surface area contributed by atoms with E-state index < -0.39 is 12.0 Å². The van der Waals surface area contributed by atoms with Crippen LogP contribution in [-0.4, -0.2) is 42.5 Å². The Bertz CT molecular complexity index is 587. The van der Waals surface area contributed by atoms with Crippen LogP contribution in [0.3, 0.4) is 0 Å². The normalized spacial score (nSPS) is 16.4. The van der Waals surface area contributed by atoms with E-state index in [9.17, 15) is 14.0 Å². The van der Waals surface area contributed by atoms with Gasteiger partial charge in [0.15, 0.2) is 0 Å². The molecule has 1 saturated carbocycles. The van der Waals surface area contributed by atoms with Crippen LogP contribution in [-0.2, 0) is 20.9 Å². The maximum atomic E-state index is 13.0. The number of esters is 1. The molecule has 0 spiro atoms. The van der Waals surface area contributed by atoms with Gasteiger partial charge in [0, 0.05) is 12.6 Å². The number of nitrogens with zero attached hydrogens (tertiary/aromatic N) is 1. The van der Waals surface area contributed by atoms with Crippen molar-refractivity contribution in [3.63, 3.8) is 0 Å². The number of carbonyl (C=O) groups excluding carboxylic acids is 2. The zero-order valence-electron chi connectivity index (χ0n) is 15.1. The molecule has 0 saturated heterocycles. The van der Waals surface area contributed by atoms with Crippen molar-refractivity contribution >= 4 is 11.9 Å². The van der Waals surface area contributed by atoms with Crippen molar-refractivity contribution in [3.05, 3.63) is 35.6 Å². The molecular formula is C19H27FN2O3. The van der Waals surface area contributed by atoms with Crippen LogP contribution in [0.5, 0.6) is 0 Å². The molecule has 5 nitrogen and oxygen atoms in total. The third-order valence-corrected chi connectivity index (χ3v) is 4.69. The first-order valence-electron chi connectivity index (χ1n) is 8.80. The predicted molar refractivity (Wildman–Crippen MR) is 93.2 cm³/mol. The van der Waals surface area contributed by atoms with E-state index in [0.717, 1.165) is 24.8 Å². The van der Waals surface area contributed by atoms with Crippen LogP contribution >= 0.6 is 0 Å². The molecule has 25 heavy (non-hydrogen) atoms. The quantitative estimate of drug-likeness (QED) is 0.695. The van der Waals surface area contributed by atoms with Gasteiger partial charge in [-0.2, -0.15) is 0 Å². The smallest absolute Gasteiger partial charge is 0.328 e. The summed E-state index contributed by atoms with van der Waals surface area (Å²) in [5.41, 5.74) is 0.965. The zero-order chi connectivity index (χ0) is 18.4. The maximum Gasteiger partial charge on any atom is 0.328 e. The van der Waals surface area contributed by atoms with Gasteiger partial charge in [0.1, 0.15) is 11.9 Å². The number of ether oxygens (including phenoxy) is 1. The highest BCUT2D eigenvalue weighted by Crippen LogP contribution is 2.28. The average Bonchev–Trinajstić information content (AvgIpc) is 3.44. The van der Waals surface area contributed by atoms with Crippen molar-refractivity contribution < 1.29 is 18.7 Å². The standard InChI is InChI=1S/C19H27FN2O3/c1-4-13(2)18(19(24)25-3)21-17(23)12-22(16-9-10-16)11-14-5-7-15(20)8-6-14/h5-8,13,16,18H,4,9-12H2,1-3H3,(H,21,23). The molecule has 1 fully saturated rings. The Balaban J connectivity index is 1.97. The molecule has 1 aromatic carbocycles. The predicted octanol–water partition coefficient (Wildman–Crippen LogP) is 2.49. The van der Waals surface area contributed by atoms with Crippen molar-refractivity contribution in [3.8, 4) is 0 Å². The summed E-state index contributed by atoms with van der Waals surface area (Å²) in [6.07, 6.45) is 2.88. The number of carbonyl (C=O) groups is 2. The highest BCUT2D eigenvalue weighted by atomic mass is 19.1. The molecule has 2 unspecified atom stereocenters. The van der Waals surface area contributed by atoms with E-state index in [0.29, 0.717) is 12.6 Å². The van der Waals surface area contributed by atoms with E-state index in [4.69, 9.17) is 4.74 Å². The molecule has 138 valence electrons. The number of amides is 1. The van der Waals surface area contributed by atoms with Crippen molar-refractivity contribution in [1.29, 1.82) is 0 Å². The summed E-state index contributed by atoms with van der Waals surface area (Å²) in [6.45, 7) is 4.69. The summed E-state index contributed by atoms with van der Waals surface area (Å²) in [5, 5.41) is 2.81. The van der Waals surface area contributed by atoms with E-state index in [-0.39, 0.29) is 24.2 Å². The van der Waals surface area contributed by atoms with E-state index in [1.54, 1.807) is 12.1 Å². The summed E-state index contributed by atoms with van der Waals surface area (Å²) in [7, 11) is 1.33. The highest BCUT2D eigenvalue weighted by molar-refractivity contribution is 5.85. The fraction of sp³-hybridized carbons (Fsp3) is 0.579. The minimum Gasteiger partial charge on any atom is -0.467 e. The topological polar surface area (TPSA) is 58.6 Å². The number of halogens is 1. The zero-order valence-corrected chi connectivity index (χ0v) is 15.1. The third kappa shape index (κ3) is 5.81. The molecule has 1 aromatic rings. The monoisotopic (exact) mass is 350 g/mol. The largest absolute Gasteiger partial charge is 0.467 e. The number of nitrogens with one attached hydrogen (secondary N) is 1. The van der Waals surface area contributed by atoms with Crippen LogP contribution in [0, 0.1) is 11.7 Å². The Kier molecular flexibility index (Phi) is 6.93. The first-order valence-corrected chi connectivity index (χ1v) is 8.80. The fourth-order valence-electron chi connectivity index (χ4n) is 2.78. The molecule has 1 N–H and O–H groups in total. The second-order valence-electron chi connectivity index (χ2n) is 6.72. The van der Waals surface area contributed by atoms with Gasteiger partial charge in [-0.1, -0.05) is 32.4 Å². The molecule has 0 heterocycles. The van der Waals surface area contributed by atoms with Gasteiger partial charge in [0.05, 0.1) is 13.7 Å².